The van der Waals surface area contributed by atoms with Crippen LogP contribution in [0.4, 0.5) is 5.69 Å². The summed E-state index contributed by atoms with van der Waals surface area (Å²) in [6.07, 6.45) is 0.331. The van der Waals surface area contributed by atoms with E-state index in [9.17, 15) is 14.4 Å². The summed E-state index contributed by atoms with van der Waals surface area (Å²) in [6, 6.07) is 7.09. The molecule has 0 saturated carbocycles. The number of piperazine rings is 1. The van der Waals surface area contributed by atoms with Gasteiger partial charge in [-0.15, -0.1) is 0 Å². The van der Waals surface area contributed by atoms with Crippen molar-refractivity contribution in [1.82, 2.24) is 9.80 Å². The number of para-hydroxylation sites is 1. The van der Waals surface area contributed by atoms with E-state index >= 15 is 0 Å². The Kier molecular flexibility index (Phi) is 6.80. The predicted octanol–water partition coefficient (Wildman–Crippen LogP) is 1.36. The number of amides is 2. The molecule has 1 fully saturated rings. The van der Waals surface area contributed by atoms with E-state index < -0.39 is 0 Å². The molecule has 0 radical (unpaired) electrons. The fourth-order valence-electron chi connectivity index (χ4n) is 2.76. The number of rotatable bonds is 6. The highest BCUT2D eigenvalue weighted by Crippen LogP contribution is 2.16. The van der Waals surface area contributed by atoms with E-state index in [2.05, 4.69) is 5.32 Å². The van der Waals surface area contributed by atoms with Crippen LogP contribution in [0.1, 0.15) is 30.6 Å². The lowest BCUT2D eigenvalue weighted by atomic mass is 10.1. The van der Waals surface area contributed by atoms with Crippen molar-refractivity contribution in [2.45, 2.75) is 20.3 Å². The molecule has 0 aliphatic carbocycles. The summed E-state index contributed by atoms with van der Waals surface area (Å²) in [6.45, 7) is 6.36. The molecule has 0 aromatic heterocycles. The number of carbonyl (C=O) groups excluding carboxylic acids is 3. The van der Waals surface area contributed by atoms with E-state index in [-0.39, 0.29) is 17.8 Å². The van der Waals surface area contributed by atoms with Gasteiger partial charge in [0.15, 0.2) is 0 Å². The summed E-state index contributed by atoms with van der Waals surface area (Å²) in [7, 11) is 0. The lowest BCUT2D eigenvalue weighted by Crippen LogP contribution is -2.50. The number of hydrogen-bond acceptors (Lipinski definition) is 5. The van der Waals surface area contributed by atoms with Gasteiger partial charge < -0.3 is 19.9 Å². The predicted molar refractivity (Wildman–Crippen MR) is 94.3 cm³/mol. The van der Waals surface area contributed by atoms with Crippen LogP contribution in [-0.2, 0) is 14.3 Å². The average molecular weight is 347 g/mol. The molecule has 1 aromatic rings. The normalized spacial score (nSPS) is 14.2. The molecule has 1 aliphatic heterocycles. The Morgan fingerprint density at radius 3 is 2.36 bits per heavy atom. The quantitative estimate of drug-likeness (QED) is 0.786. The lowest BCUT2D eigenvalue weighted by molar-refractivity contribution is -0.138. The van der Waals surface area contributed by atoms with E-state index in [1.165, 1.54) is 0 Å². The van der Waals surface area contributed by atoms with Crippen LogP contribution < -0.4 is 5.32 Å². The third-order valence-corrected chi connectivity index (χ3v) is 4.15. The average Bonchev–Trinajstić information content (AvgIpc) is 2.62. The SMILES string of the molecule is CCOC(=O)c1ccccc1NCCC(=O)N1CCN(C(C)=O)CC1. The zero-order valence-electron chi connectivity index (χ0n) is 14.8. The number of nitrogens with one attached hydrogen (secondary N) is 1. The van der Waals surface area contributed by atoms with Crippen LogP contribution in [0.25, 0.3) is 0 Å². The topological polar surface area (TPSA) is 79.0 Å². The van der Waals surface area contributed by atoms with Gasteiger partial charge >= 0.3 is 5.97 Å². The monoisotopic (exact) mass is 347 g/mol. The molecule has 1 saturated heterocycles. The standard InChI is InChI=1S/C18H25N3O4/c1-3-25-18(24)15-6-4-5-7-16(15)19-9-8-17(23)21-12-10-20(11-13-21)14(2)22/h4-7,19H,3,8-13H2,1-2H3. The molecule has 7 heteroatoms. The van der Waals surface area contributed by atoms with Gasteiger partial charge in [-0.2, -0.15) is 0 Å². The number of ether oxygens (including phenoxy) is 1. The fourth-order valence-corrected chi connectivity index (χ4v) is 2.76. The van der Waals surface area contributed by atoms with Crippen molar-refractivity contribution in [1.29, 1.82) is 0 Å². The number of hydrogen-bond donors (Lipinski definition) is 1. The van der Waals surface area contributed by atoms with E-state index in [1.807, 2.05) is 6.07 Å². The molecule has 0 bridgehead atoms. The molecule has 0 unspecified atom stereocenters. The fraction of sp³-hybridized carbons (Fsp3) is 0.500. The first-order chi connectivity index (χ1) is 12.0. The molecule has 1 N–H and O–H groups in total. The van der Waals surface area contributed by atoms with Gasteiger partial charge in [0, 0.05) is 51.8 Å². The van der Waals surface area contributed by atoms with Crippen LogP contribution >= 0.6 is 0 Å². The molecule has 1 aromatic carbocycles. The first-order valence-corrected chi connectivity index (χ1v) is 8.56. The van der Waals surface area contributed by atoms with E-state index in [4.69, 9.17) is 4.74 Å². The zero-order chi connectivity index (χ0) is 18.2. The van der Waals surface area contributed by atoms with Gasteiger partial charge in [0.1, 0.15) is 0 Å². The molecule has 0 spiro atoms. The van der Waals surface area contributed by atoms with Gasteiger partial charge in [-0.05, 0) is 19.1 Å². The Bertz CT molecular complexity index is 625. The summed E-state index contributed by atoms with van der Waals surface area (Å²) in [5, 5.41) is 3.14. The van der Waals surface area contributed by atoms with Crippen LogP contribution in [0.3, 0.4) is 0 Å². The molecular formula is C18H25N3O4. The lowest BCUT2D eigenvalue weighted by Gasteiger charge is -2.34. The highest BCUT2D eigenvalue weighted by molar-refractivity contribution is 5.95. The van der Waals surface area contributed by atoms with Gasteiger partial charge in [0.2, 0.25) is 11.8 Å². The van der Waals surface area contributed by atoms with E-state index in [0.717, 1.165) is 0 Å². The van der Waals surface area contributed by atoms with Gasteiger partial charge in [0.05, 0.1) is 12.2 Å². The molecule has 1 aliphatic rings. The molecule has 1 heterocycles. The maximum atomic E-state index is 12.3. The molecule has 2 amide bonds. The van der Waals surface area contributed by atoms with Crippen molar-refractivity contribution in [2.75, 3.05) is 44.6 Å². The van der Waals surface area contributed by atoms with Gasteiger partial charge in [0.25, 0.3) is 0 Å². The number of nitrogens with zero attached hydrogens (tertiary/aromatic N) is 2. The Balaban J connectivity index is 1.82. The number of esters is 1. The van der Waals surface area contributed by atoms with E-state index in [0.29, 0.717) is 57.0 Å². The van der Waals surface area contributed by atoms with Crippen molar-refractivity contribution in [3.05, 3.63) is 29.8 Å². The van der Waals surface area contributed by atoms with Crippen LogP contribution in [0, 0.1) is 0 Å². The minimum atomic E-state index is -0.378. The van der Waals surface area contributed by atoms with Gasteiger partial charge in [-0.1, -0.05) is 12.1 Å². The maximum Gasteiger partial charge on any atom is 0.340 e. The highest BCUT2D eigenvalue weighted by atomic mass is 16.5. The number of carbonyl (C=O) groups is 3. The minimum absolute atomic E-state index is 0.0457. The Morgan fingerprint density at radius 1 is 1.08 bits per heavy atom. The summed E-state index contributed by atoms with van der Waals surface area (Å²) in [5.41, 5.74) is 1.13. The first-order valence-electron chi connectivity index (χ1n) is 8.56. The second-order valence-electron chi connectivity index (χ2n) is 5.83. The van der Waals surface area contributed by atoms with Crippen molar-refractivity contribution in [2.24, 2.45) is 0 Å². The van der Waals surface area contributed by atoms with Crippen molar-refractivity contribution in [3.8, 4) is 0 Å². The van der Waals surface area contributed by atoms with Crippen LogP contribution in [-0.4, -0.2) is 66.9 Å². The Labute approximate surface area is 147 Å². The molecule has 7 nitrogen and oxygen atoms in total. The van der Waals surface area contributed by atoms with Crippen LogP contribution in [0.2, 0.25) is 0 Å². The first kappa shape index (κ1) is 18.8. The molecule has 136 valence electrons. The largest absolute Gasteiger partial charge is 0.462 e. The third kappa shape index (κ3) is 5.20. The van der Waals surface area contributed by atoms with Gasteiger partial charge in [-0.25, -0.2) is 4.79 Å². The highest BCUT2D eigenvalue weighted by Gasteiger charge is 2.22. The molecular weight excluding hydrogens is 322 g/mol. The van der Waals surface area contributed by atoms with Crippen molar-refractivity contribution >= 4 is 23.5 Å². The summed E-state index contributed by atoms with van der Waals surface area (Å²) < 4.78 is 5.03. The van der Waals surface area contributed by atoms with Crippen molar-refractivity contribution in [3.63, 3.8) is 0 Å². The van der Waals surface area contributed by atoms with Crippen molar-refractivity contribution < 1.29 is 19.1 Å². The van der Waals surface area contributed by atoms with Crippen LogP contribution in [0.5, 0.6) is 0 Å². The molecule has 2 rings (SSSR count). The second-order valence-corrected chi connectivity index (χ2v) is 5.83. The number of anilines is 1. The van der Waals surface area contributed by atoms with Crippen LogP contribution in [0.15, 0.2) is 24.3 Å². The summed E-state index contributed by atoms with van der Waals surface area (Å²) in [4.78, 5) is 39.0. The third-order valence-electron chi connectivity index (χ3n) is 4.15. The Morgan fingerprint density at radius 2 is 1.72 bits per heavy atom. The summed E-state index contributed by atoms with van der Waals surface area (Å²) >= 11 is 0. The summed E-state index contributed by atoms with van der Waals surface area (Å²) in [5.74, 6) is -0.286. The minimum Gasteiger partial charge on any atom is -0.462 e. The van der Waals surface area contributed by atoms with E-state index in [1.54, 1.807) is 41.8 Å². The second kappa shape index (κ2) is 9.05. The molecule has 25 heavy (non-hydrogen) atoms. The number of benzene rings is 1. The smallest absolute Gasteiger partial charge is 0.340 e. The molecule has 0 atom stereocenters. The zero-order valence-corrected chi connectivity index (χ0v) is 14.8. The van der Waals surface area contributed by atoms with Gasteiger partial charge in [-0.3, -0.25) is 9.59 Å². The Hall–Kier alpha value is -2.57. The maximum absolute atomic E-state index is 12.3.